The first-order valence-corrected chi connectivity index (χ1v) is 18.9. The number of carbonyl (C=O) groups excluding carboxylic acids is 8. The molecule has 0 spiro atoms. The Morgan fingerprint density at radius 3 is 2.32 bits per heavy atom. The van der Waals surface area contributed by atoms with Crippen LogP contribution < -0.4 is 70.8 Å². The number of rotatable bonds is 13. The lowest BCUT2D eigenvalue weighted by molar-refractivity contribution is -0.135. The van der Waals surface area contributed by atoms with Crippen LogP contribution in [0, 0.1) is 0 Å². The van der Waals surface area contributed by atoms with E-state index in [9.17, 15) is 48.6 Å². The van der Waals surface area contributed by atoms with E-state index in [1.54, 1.807) is 12.1 Å². The van der Waals surface area contributed by atoms with Crippen molar-refractivity contribution in [2.45, 2.75) is 74.7 Å². The Kier molecular flexibility index (Phi) is 19.0. The Morgan fingerprint density at radius 2 is 1.65 bits per heavy atom. The van der Waals surface area contributed by atoms with Crippen LogP contribution in [0.5, 0.6) is 0 Å². The van der Waals surface area contributed by atoms with Gasteiger partial charge in [-0.3, -0.25) is 34.1 Å². The monoisotopic (exact) mass is 886 g/mol. The number of guanidine groups is 1. The van der Waals surface area contributed by atoms with E-state index in [0.29, 0.717) is 31.1 Å². The van der Waals surface area contributed by atoms with E-state index < -0.39 is 115 Å². The van der Waals surface area contributed by atoms with E-state index in [1.165, 1.54) is 6.07 Å². The summed E-state index contributed by atoms with van der Waals surface area (Å²) >= 11 is 12.2. The first-order chi connectivity index (χ1) is 28.4. The van der Waals surface area contributed by atoms with Gasteiger partial charge < -0.3 is 80.4 Å². The van der Waals surface area contributed by atoms with Crippen molar-refractivity contribution >= 4 is 76.7 Å². The zero-order valence-electron chi connectivity index (χ0n) is 31.8. The summed E-state index contributed by atoms with van der Waals surface area (Å²) in [7, 11) is 0. The second kappa shape index (κ2) is 23.6. The minimum absolute atomic E-state index is 0.156. The SMILES string of the molecule is NCCC[C@H](N)CC(=O)NC1CNC(=O)[C@@H](C2CC(NC(=O)OCc3cccc(Cl)c3Cl)N=C(N)N2)NC(=O)/C(=C/NC(N)=O)NC(=O)[C@@H](CO)NC(=O)[C@@H](CO)NC1=O. The van der Waals surface area contributed by atoms with Crippen LogP contribution in [-0.4, -0.2) is 132 Å². The highest BCUT2D eigenvalue weighted by molar-refractivity contribution is 6.42. The van der Waals surface area contributed by atoms with E-state index in [4.69, 9.17) is 50.9 Å². The lowest BCUT2D eigenvalue weighted by Crippen LogP contribution is -2.65. The molecule has 330 valence electrons. The van der Waals surface area contributed by atoms with Crippen molar-refractivity contribution in [1.29, 1.82) is 0 Å². The van der Waals surface area contributed by atoms with E-state index >= 15 is 0 Å². The number of nitrogens with two attached hydrogens (primary N) is 4. The highest BCUT2D eigenvalue weighted by Gasteiger charge is 2.38. The predicted molar refractivity (Wildman–Crippen MR) is 211 cm³/mol. The Morgan fingerprint density at radius 1 is 0.967 bits per heavy atom. The molecule has 0 radical (unpaired) electrons. The highest BCUT2D eigenvalue weighted by Crippen LogP contribution is 2.26. The lowest BCUT2D eigenvalue weighted by Gasteiger charge is -2.34. The van der Waals surface area contributed by atoms with Gasteiger partial charge in [-0.05, 0) is 25.5 Å². The summed E-state index contributed by atoms with van der Waals surface area (Å²) < 4.78 is 5.25. The van der Waals surface area contributed by atoms with Crippen molar-refractivity contribution in [3.8, 4) is 0 Å². The third kappa shape index (κ3) is 15.0. The molecule has 9 amide bonds. The number of ether oxygens (including phenoxy) is 1. The molecule has 25 nitrogen and oxygen atoms in total. The zero-order valence-corrected chi connectivity index (χ0v) is 33.3. The highest BCUT2D eigenvalue weighted by atomic mass is 35.5. The van der Waals surface area contributed by atoms with Crippen LogP contribution in [0.15, 0.2) is 35.1 Å². The molecule has 1 aromatic carbocycles. The number of nitrogens with one attached hydrogen (secondary N) is 9. The van der Waals surface area contributed by atoms with Crippen molar-refractivity contribution in [1.82, 2.24) is 47.9 Å². The minimum Gasteiger partial charge on any atom is -0.445 e. The molecule has 0 bridgehead atoms. The Labute approximate surface area is 351 Å². The van der Waals surface area contributed by atoms with Crippen LogP contribution in [0.4, 0.5) is 9.59 Å². The molecule has 60 heavy (non-hydrogen) atoms. The Hall–Kier alpha value is -5.99. The second-order valence-electron chi connectivity index (χ2n) is 13.2. The van der Waals surface area contributed by atoms with Crippen molar-refractivity contribution in [3.05, 3.63) is 45.7 Å². The van der Waals surface area contributed by atoms with E-state index in [0.717, 1.165) is 0 Å². The first-order valence-electron chi connectivity index (χ1n) is 18.1. The topological polar surface area (TPSA) is 411 Å². The average Bonchev–Trinajstić information content (AvgIpc) is 3.19. The molecule has 2 heterocycles. The second-order valence-corrected chi connectivity index (χ2v) is 14.0. The third-order valence-electron chi connectivity index (χ3n) is 8.60. The summed E-state index contributed by atoms with van der Waals surface area (Å²) in [6, 6.07) is -5.39. The number of aliphatic imine (C=N–C) groups is 1. The molecule has 0 saturated carbocycles. The molecule has 19 N–H and O–H groups in total. The molecular formula is C33H48Cl2N14O11. The van der Waals surface area contributed by atoms with Gasteiger partial charge in [-0.1, -0.05) is 35.3 Å². The number of nitrogens with zero attached hydrogens (tertiary/aromatic N) is 1. The van der Waals surface area contributed by atoms with Crippen molar-refractivity contribution in [3.63, 3.8) is 0 Å². The molecule has 27 heteroatoms. The van der Waals surface area contributed by atoms with Gasteiger partial charge in [-0.25, -0.2) is 14.6 Å². The van der Waals surface area contributed by atoms with Gasteiger partial charge in [-0.15, -0.1) is 0 Å². The third-order valence-corrected chi connectivity index (χ3v) is 9.46. The molecule has 1 saturated heterocycles. The maximum atomic E-state index is 14.1. The van der Waals surface area contributed by atoms with Gasteiger partial charge >= 0.3 is 12.1 Å². The fourth-order valence-electron chi connectivity index (χ4n) is 5.56. The van der Waals surface area contributed by atoms with Gasteiger partial charge in [0.15, 0.2) is 5.96 Å². The van der Waals surface area contributed by atoms with Crippen LogP contribution in [0.2, 0.25) is 10.0 Å². The van der Waals surface area contributed by atoms with E-state index in [-0.39, 0.29) is 35.5 Å². The maximum absolute atomic E-state index is 14.1. The fourth-order valence-corrected chi connectivity index (χ4v) is 5.93. The quantitative estimate of drug-likeness (QED) is 0.0821. The molecular weight excluding hydrogens is 839 g/mol. The maximum Gasteiger partial charge on any atom is 0.409 e. The van der Waals surface area contributed by atoms with Crippen molar-refractivity contribution in [2.24, 2.45) is 27.9 Å². The number of amides is 9. The number of hydrogen-bond donors (Lipinski definition) is 15. The smallest absolute Gasteiger partial charge is 0.409 e. The molecule has 1 fully saturated rings. The van der Waals surface area contributed by atoms with Crippen LogP contribution in [0.1, 0.15) is 31.2 Å². The predicted octanol–water partition coefficient (Wildman–Crippen LogP) is -5.64. The van der Waals surface area contributed by atoms with Gasteiger partial charge in [0.25, 0.3) is 5.91 Å². The number of alkyl carbamates (subject to hydrolysis) is 1. The Balaban J connectivity index is 1.99. The van der Waals surface area contributed by atoms with Gasteiger partial charge in [0.05, 0.1) is 29.3 Å². The standard InChI is InChI=1S/C33H48Cl2N14O11/c34-16-5-1-3-14(24(16)35)13-60-33(59)48-22-8-17(46-31(38)47-22)25-30(57)40-9-18(42-23(52)7-15(37)4-2-6-36)26(53)44-21(12-51)29(56)45-20(11-50)28(55)43-19(27(54)49-25)10-41-32(39)58/h1,3,5,10,15,17-18,20-22,25,50-51H,2,4,6-9,11-13,36-37H2,(H,40,57)(H,42,52)(H,43,55)(H,44,53)(H,45,56)(H,48,59)(H,49,54)(H3,38,46,47)(H3,39,41,58)/b19-10-/t15-,17?,18?,20+,21+,22?,25+/m0/s1. The fraction of sp³-hybridized carbons (Fsp3) is 0.485. The number of carbonyl (C=O) groups is 8. The molecule has 1 aromatic rings. The number of hydrogen-bond acceptors (Lipinski definition) is 16. The van der Waals surface area contributed by atoms with Crippen LogP contribution in [0.25, 0.3) is 0 Å². The summed E-state index contributed by atoms with van der Waals surface area (Å²) in [6.07, 6.45) is -1.24. The van der Waals surface area contributed by atoms with Crippen LogP contribution >= 0.6 is 23.2 Å². The number of aliphatic hydroxyl groups excluding tert-OH is 2. The average molecular weight is 888 g/mol. The molecule has 7 atom stereocenters. The largest absolute Gasteiger partial charge is 0.445 e. The van der Waals surface area contributed by atoms with Crippen molar-refractivity contribution in [2.75, 3.05) is 26.3 Å². The van der Waals surface area contributed by atoms with Gasteiger partial charge in [0.2, 0.25) is 29.5 Å². The van der Waals surface area contributed by atoms with Gasteiger partial charge in [-0.2, -0.15) is 0 Å². The number of urea groups is 1. The molecule has 2 aliphatic rings. The number of aliphatic hydroxyl groups is 2. The molecule has 3 rings (SSSR count). The van der Waals surface area contributed by atoms with Crippen LogP contribution in [-0.2, 0) is 40.1 Å². The van der Waals surface area contributed by atoms with E-state index in [1.807, 2.05) is 5.32 Å². The lowest BCUT2D eigenvalue weighted by atomic mass is 10.00. The Bertz CT molecular complexity index is 1840. The first kappa shape index (κ1) is 48.4. The van der Waals surface area contributed by atoms with Gasteiger partial charge in [0, 0.05) is 37.2 Å². The molecule has 2 aliphatic heterocycles. The summed E-state index contributed by atoms with van der Waals surface area (Å²) in [5.41, 5.74) is 22.3. The number of primary amides is 1. The van der Waals surface area contributed by atoms with Gasteiger partial charge in [0.1, 0.15) is 42.6 Å². The van der Waals surface area contributed by atoms with Crippen molar-refractivity contribution < 1.29 is 53.3 Å². The van der Waals surface area contributed by atoms with E-state index in [2.05, 4.69) is 47.5 Å². The molecule has 0 aromatic heterocycles. The van der Waals surface area contributed by atoms with Crippen LogP contribution in [0.3, 0.4) is 0 Å². The zero-order chi connectivity index (χ0) is 44.5. The number of halogens is 2. The summed E-state index contributed by atoms with van der Waals surface area (Å²) in [5, 5.41) is 41.1. The molecule has 0 aliphatic carbocycles. The molecule has 3 unspecified atom stereocenters. The summed E-state index contributed by atoms with van der Waals surface area (Å²) in [5.74, 6) is -6.91. The normalized spacial score (nSPS) is 24.2. The summed E-state index contributed by atoms with van der Waals surface area (Å²) in [6.45, 7) is -2.81. The summed E-state index contributed by atoms with van der Waals surface area (Å²) in [4.78, 5) is 109. The minimum atomic E-state index is -1.83. The number of benzene rings is 1.